The molecule has 1 aromatic rings. The van der Waals surface area contributed by atoms with E-state index in [0.29, 0.717) is 12.0 Å². The summed E-state index contributed by atoms with van der Waals surface area (Å²) < 4.78 is 6.26. The molecule has 21 heavy (non-hydrogen) atoms. The van der Waals surface area contributed by atoms with Gasteiger partial charge in [-0.3, -0.25) is 4.90 Å². The zero-order valence-electron chi connectivity index (χ0n) is 12.7. The first kappa shape index (κ1) is 16.5. The van der Waals surface area contributed by atoms with Crippen molar-refractivity contribution in [2.75, 3.05) is 50.0 Å². The van der Waals surface area contributed by atoms with Crippen molar-refractivity contribution in [3.8, 4) is 0 Å². The second kappa shape index (κ2) is 8.51. The van der Waals surface area contributed by atoms with Gasteiger partial charge in [0.25, 0.3) is 0 Å². The summed E-state index contributed by atoms with van der Waals surface area (Å²) in [6.45, 7) is 9.81. The van der Waals surface area contributed by atoms with E-state index >= 15 is 0 Å². The summed E-state index contributed by atoms with van der Waals surface area (Å²) in [5, 5.41) is 6.66. The molecule has 118 valence electrons. The van der Waals surface area contributed by atoms with Crippen LogP contribution < -0.4 is 10.6 Å². The second-order valence-electron chi connectivity index (χ2n) is 5.28. The van der Waals surface area contributed by atoms with Crippen LogP contribution in [0.4, 0.5) is 11.8 Å². The number of halogens is 1. The SMILES string of the molecule is CCCNc1ncc(Br)c(NC(C)CN2CCOCC2)n1. The molecule has 0 bridgehead atoms. The molecule has 7 heteroatoms. The van der Waals surface area contributed by atoms with Crippen LogP contribution in [0.15, 0.2) is 10.7 Å². The molecule has 6 nitrogen and oxygen atoms in total. The third kappa shape index (κ3) is 5.41. The number of ether oxygens (including phenoxy) is 1. The number of nitrogens with zero attached hydrogens (tertiary/aromatic N) is 3. The van der Waals surface area contributed by atoms with Crippen molar-refractivity contribution in [2.45, 2.75) is 26.3 Å². The maximum absolute atomic E-state index is 5.37. The van der Waals surface area contributed by atoms with E-state index in [4.69, 9.17) is 4.74 Å². The molecule has 2 heterocycles. The molecule has 0 aromatic carbocycles. The van der Waals surface area contributed by atoms with Crippen LogP contribution in [0.3, 0.4) is 0 Å². The topological polar surface area (TPSA) is 62.3 Å². The van der Waals surface area contributed by atoms with Gasteiger partial charge in [0.15, 0.2) is 0 Å². The van der Waals surface area contributed by atoms with Gasteiger partial charge in [0.1, 0.15) is 5.82 Å². The van der Waals surface area contributed by atoms with Crippen molar-refractivity contribution in [3.05, 3.63) is 10.7 Å². The predicted molar refractivity (Wildman–Crippen MR) is 88.9 cm³/mol. The van der Waals surface area contributed by atoms with Crippen LogP contribution in [0.5, 0.6) is 0 Å². The lowest BCUT2D eigenvalue weighted by Gasteiger charge is -2.29. The zero-order valence-corrected chi connectivity index (χ0v) is 14.3. The van der Waals surface area contributed by atoms with E-state index in [0.717, 1.165) is 56.1 Å². The molecule has 1 aliphatic rings. The highest BCUT2D eigenvalue weighted by molar-refractivity contribution is 9.10. The fraction of sp³-hybridized carbons (Fsp3) is 0.714. The summed E-state index contributed by atoms with van der Waals surface area (Å²) in [4.78, 5) is 11.2. The molecule has 1 aliphatic heterocycles. The van der Waals surface area contributed by atoms with Crippen LogP contribution in [0, 0.1) is 0 Å². The lowest BCUT2D eigenvalue weighted by atomic mass is 10.3. The van der Waals surface area contributed by atoms with Crippen LogP contribution in [-0.2, 0) is 4.74 Å². The first-order valence-electron chi connectivity index (χ1n) is 7.52. The third-order valence-electron chi connectivity index (χ3n) is 3.30. The second-order valence-corrected chi connectivity index (χ2v) is 6.13. The average Bonchev–Trinajstić information content (AvgIpc) is 2.49. The molecule has 0 radical (unpaired) electrons. The van der Waals surface area contributed by atoms with Gasteiger partial charge in [-0.25, -0.2) is 4.98 Å². The average molecular weight is 358 g/mol. The number of nitrogens with one attached hydrogen (secondary N) is 2. The Morgan fingerprint density at radius 3 is 2.90 bits per heavy atom. The van der Waals surface area contributed by atoms with E-state index in [1.54, 1.807) is 6.20 Å². The molecule has 1 unspecified atom stereocenters. The van der Waals surface area contributed by atoms with Crippen molar-refractivity contribution in [2.24, 2.45) is 0 Å². The minimum absolute atomic E-state index is 0.313. The Balaban J connectivity index is 1.90. The van der Waals surface area contributed by atoms with Gasteiger partial charge in [0, 0.05) is 38.4 Å². The van der Waals surface area contributed by atoms with Crippen molar-refractivity contribution in [1.82, 2.24) is 14.9 Å². The summed E-state index contributed by atoms with van der Waals surface area (Å²) in [6, 6.07) is 0.313. The molecule has 0 aliphatic carbocycles. The van der Waals surface area contributed by atoms with Crippen LogP contribution in [0.2, 0.25) is 0 Å². The lowest BCUT2D eigenvalue weighted by molar-refractivity contribution is 0.0368. The fourth-order valence-corrected chi connectivity index (χ4v) is 2.55. The maximum Gasteiger partial charge on any atom is 0.224 e. The number of aromatic nitrogens is 2. The minimum atomic E-state index is 0.313. The van der Waals surface area contributed by atoms with Crippen molar-refractivity contribution < 1.29 is 4.74 Å². The Hall–Kier alpha value is -0.920. The molecule has 2 rings (SSSR count). The summed E-state index contributed by atoms with van der Waals surface area (Å²) in [6.07, 6.45) is 2.84. The maximum atomic E-state index is 5.37. The first-order valence-corrected chi connectivity index (χ1v) is 8.31. The van der Waals surface area contributed by atoms with Crippen LogP contribution in [0.1, 0.15) is 20.3 Å². The molecule has 1 saturated heterocycles. The number of rotatable bonds is 7. The largest absolute Gasteiger partial charge is 0.379 e. The smallest absolute Gasteiger partial charge is 0.224 e. The van der Waals surface area contributed by atoms with E-state index in [2.05, 4.69) is 55.3 Å². The van der Waals surface area contributed by atoms with Crippen molar-refractivity contribution in [1.29, 1.82) is 0 Å². The van der Waals surface area contributed by atoms with Gasteiger partial charge in [-0.1, -0.05) is 6.92 Å². The molecule has 0 spiro atoms. The van der Waals surface area contributed by atoms with Crippen LogP contribution in [-0.4, -0.2) is 60.3 Å². The van der Waals surface area contributed by atoms with Crippen molar-refractivity contribution >= 4 is 27.7 Å². The van der Waals surface area contributed by atoms with E-state index < -0.39 is 0 Å². The molecule has 1 atom stereocenters. The lowest BCUT2D eigenvalue weighted by Crippen LogP contribution is -2.42. The highest BCUT2D eigenvalue weighted by Crippen LogP contribution is 2.21. The number of morpholine rings is 1. The van der Waals surface area contributed by atoms with Crippen LogP contribution in [0.25, 0.3) is 0 Å². The Morgan fingerprint density at radius 2 is 2.19 bits per heavy atom. The minimum Gasteiger partial charge on any atom is -0.379 e. The molecule has 0 amide bonds. The Bertz CT molecular complexity index is 439. The van der Waals surface area contributed by atoms with Gasteiger partial charge in [-0.2, -0.15) is 4.98 Å². The van der Waals surface area contributed by atoms with Gasteiger partial charge in [-0.15, -0.1) is 0 Å². The zero-order chi connectivity index (χ0) is 15.1. The summed E-state index contributed by atoms with van der Waals surface area (Å²) in [5.41, 5.74) is 0. The Morgan fingerprint density at radius 1 is 1.43 bits per heavy atom. The van der Waals surface area contributed by atoms with Gasteiger partial charge in [0.2, 0.25) is 5.95 Å². The molecule has 0 saturated carbocycles. The summed E-state index contributed by atoms with van der Waals surface area (Å²) >= 11 is 3.50. The predicted octanol–water partition coefficient (Wildman–Crippen LogP) is 2.19. The van der Waals surface area contributed by atoms with Gasteiger partial charge in [-0.05, 0) is 29.3 Å². The van der Waals surface area contributed by atoms with Crippen molar-refractivity contribution in [3.63, 3.8) is 0 Å². The Kier molecular flexibility index (Phi) is 6.66. The Labute approximate surface area is 134 Å². The summed E-state index contributed by atoms with van der Waals surface area (Å²) in [7, 11) is 0. The normalized spacial score (nSPS) is 17.5. The molecule has 1 aromatic heterocycles. The van der Waals surface area contributed by atoms with Gasteiger partial charge < -0.3 is 15.4 Å². The summed E-state index contributed by atoms with van der Waals surface area (Å²) in [5.74, 6) is 1.51. The van der Waals surface area contributed by atoms with Crippen LogP contribution >= 0.6 is 15.9 Å². The van der Waals surface area contributed by atoms with E-state index in [-0.39, 0.29) is 0 Å². The number of hydrogen-bond donors (Lipinski definition) is 2. The van der Waals surface area contributed by atoms with E-state index in [9.17, 15) is 0 Å². The van der Waals surface area contributed by atoms with Gasteiger partial charge in [0.05, 0.1) is 17.7 Å². The fourth-order valence-electron chi connectivity index (χ4n) is 2.24. The molecular formula is C14H24BrN5O. The number of hydrogen-bond acceptors (Lipinski definition) is 6. The van der Waals surface area contributed by atoms with E-state index in [1.165, 1.54) is 0 Å². The quantitative estimate of drug-likeness (QED) is 0.779. The molecule has 1 fully saturated rings. The van der Waals surface area contributed by atoms with E-state index in [1.807, 2.05) is 0 Å². The molecule has 2 N–H and O–H groups in total. The third-order valence-corrected chi connectivity index (χ3v) is 3.88. The standard InChI is InChI=1S/C14H24BrN5O/c1-3-4-16-14-17-9-12(15)13(19-14)18-11(2)10-20-5-7-21-8-6-20/h9,11H,3-8,10H2,1-2H3,(H2,16,17,18,19). The first-order chi connectivity index (χ1) is 10.2. The highest BCUT2D eigenvalue weighted by Gasteiger charge is 2.15. The highest BCUT2D eigenvalue weighted by atomic mass is 79.9. The molecular weight excluding hydrogens is 334 g/mol. The van der Waals surface area contributed by atoms with Gasteiger partial charge >= 0.3 is 0 Å². The monoisotopic (exact) mass is 357 g/mol. The number of anilines is 2.